The lowest BCUT2D eigenvalue weighted by atomic mass is 9.94. The predicted octanol–water partition coefficient (Wildman–Crippen LogP) is 2.58. The first-order chi connectivity index (χ1) is 11.0. The van der Waals surface area contributed by atoms with E-state index in [9.17, 15) is 13.6 Å². The molecule has 2 aromatic rings. The Balaban J connectivity index is 1.61. The van der Waals surface area contributed by atoms with E-state index in [0.29, 0.717) is 6.42 Å². The van der Waals surface area contributed by atoms with Gasteiger partial charge in [0.05, 0.1) is 12.5 Å². The first kappa shape index (κ1) is 15.9. The minimum Gasteiger partial charge on any atom is -0.396 e. The summed E-state index contributed by atoms with van der Waals surface area (Å²) in [6, 6.07) is 7.85. The average molecular weight is 322 g/mol. The smallest absolute Gasteiger partial charge is 0.256 e. The predicted molar refractivity (Wildman–Crippen MR) is 83.3 cm³/mol. The van der Waals surface area contributed by atoms with E-state index in [1.54, 1.807) is 0 Å². The van der Waals surface area contributed by atoms with Gasteiger partial charge in [-0.2, -0.15) is 0 Å². The number of H-pyrrole nitrogens is 1. The molecule has 4 nitrogen and oxygen atoms in total. The Labute approximate surface area is 133 Å². The van der Waals surface area contributed by atoms with Crippen molar-refractivity contribution < 1.29 is 18.7 Å². The molecule has 1 fully saturated rings. The monoisotopic (exact) mass is 322 g/mol. The number of piperidine rings is 1. The number of carbonyl (C=O) groups is 1. The van der Waals surface area contributed by atoms with Gasteiger partial charge in [0.2, 0.25) is 5.91 Å². The van der Waals surface area contributed by atoms with Gasteiger partial charge in [-0.15, -0.1) is 0 Å². The van der Waals surface area contributed by atoms with Gasteiger partial charge in [0.15, 0.2) is 0 Å². The molecule has 2 N–H and O–H groups in total. The molecule has 6 heteroatoms. The molecule has 0 radical (unpaired) electrons. The van der Waals surface area contributed by atoms with Crippen LogP contribution in [0.15, 0.2) is 30.5 Å². The minimum absolute atomic E-state index is 0.0518. The number of likely N-dealkylation sites (tertiary alicyclic amines) is 1. The second-order valence-corrected chi connectivity index (χ2v) is 6.09. The van der Waals surface area contributed by atoms with Gasteiger partial charge in [0.1, 0.15) is 0 Å². The van der Waals surface area contributed by atoms with Gasteiger partial charge >= 0.3 is 0 Å². The maximum absolute atomic E-state index is 13.6. The summed E-state index contributed by atoms with van der Waals surface area (Å²) in [5, 5.41) is 10.2. The van der Waals surface area contributed by atoms with Crippen LogP contribution in [-0.4, -0.2) is 46.5 Å². The second-order valence-electron chi connectivity index (χ2n) is 6.09. The van der Waals surface area contributed by atoms with Crippen molar-refractivity contribution in [2.45, 2.75) is 25.2 Å². The van der Waals surface area contributed by atoms with Crippen LogP contribution in [0.4, 0.5) is 8.78 Å². The summed E-state index contributed by atoms with van der Waals surface area (Å²) in [6.07, 6.45) is 2.36. The van der Waals surface area contributed by atoms with Crippen molar-refractivity contribution >= 4 is 16.8 Å². The van der Waals surface area contributed by atoms with E-state index in [2.05, 4.69) is 4.98 Å². The number of hydrogen-bond acceptors (Lipinski definition) is 2. The summed E-state index contributed by atoms with van der Waals surface area (Å²) < 4.78 is 27.2. The van der Waals surface area contributed by atoms with Crippen molar-refractivity contribution in [2.24, 2.45) is 5.92 Å². The van der Waals surface area contributed by atoms with Crippen molar-refractivity contribution in [3.63, 3.8) is 0 Å². The molecule has 0 spiro atoms. The van der Waals surface area contributed by atoms with E-state index in [-0.39, 0.29) is 31.8 Å². The number of aryl methyl sites for hydroxylation is 1. The maximum Gasteiger partial charge on any atom is 0.256 e. The summed E-state index contributed by atoms with van der Waals surface area (Å²) in [4.78, 5) is 16.9. The number of aromatic amines is 1. The fourth-order valence-electron chi connectivity index (χ4n) is 3.13. The van der Waals surface area contributed by atoms with Crippen LogP contribution in [0.25, 0.3) is 10.9 Å². The molecule has 23 heavy (non-hydrogen) atoms. The fraction of sp³-hybridized carbons (Fsp3) is 0.471. The molecular formula is C17H20F2N2O2. The number of rotatable bonds is 4. The molecular weight excluding hydrogens is 302 g/mol. The van der Waals surface area contributed by atoms with E-state index in [1.165, 1.54) is 4.90 Å². The molecule has 0 aliphatic carbocycles. The molecule has 2 heterocycles. The quantitative estimate of drug-likeness (QED) is 0.909. The van der Waals surface area contributed by atoms with E-state index >= 15 is 0 Å². The number of fused-ring (bicyclic) bond motifs is 1. The highest BCUT2D eigenvalue weighted by Crippen LogP contribution is 2.33. The second kappa shape index (κ2) is 6.28. The van der Waals surface area contributed by atoms with Gasteiger partial charge in [-0.1, -0.05) is 18.2 Å². The van der Waals surface area contributed by atoms with Gasteiger partial charge in [0.25, 0.3) is 5.92 Å². The van der Waals surface area contributed by atoms with Crippen LogP contribution in [0.3, 0.4) is 0 Å². The largest absolute Gasteiger partial charge is 0.396 e. The molecule has 0 bridgehead atoms. The molecule has 1 unspecified atom stereocenters. The van der Waals surface area contributed by atoms with Crippen molar-refractivity contribution in [3.8, 4) is 0 Å². The lowest BCUT2D eigenvalue weighted by molar-refractivity contribution is -0.149. The van der Waals surface area contributed by atoms with Gasteiger partial charge in [-0.05, 0) is 18.1 Å². The first-order valence-corrected chi connectivity index (χ1v) is 7.82. The Bertz CT molecular complexity index is 699. The number of nitrogens with zero attached hydrogens (tertiary/aromatic N) is 1. The summed E-state index contributed by atoms with van der Waals surface area (Å²) in [5.41, 5.74) is 2.07. The SMILES string of the molecule is O=C(CCc1c[nH]c2ccccc12)N1CCC(F)(F)C(CO)C1. The van der Waals surface area contributed by atoms with Gasteiger partial charge in [-0.25, -0.2) is 8.78 Å². The molecule has 1 aromatic carbocycles. The highest BCUT2D eigenvalue weighted by Gasteiger charge is 2.44. The number of nitrogens with one attached hydrogen (secondary N) is 1. The van der Waals surface area contributed by atoms with Gasteiger partial charge < -0.3 is 15.0 Å². The topological polar surface area (TPSA) is 56.3 Å². The molecule has 1 amide bonds. The molecule has 1 atom stereocenters. The summed E-state index contributed by atoms with van der Waals surface area (Å²) in [7, 11) is 0. The summed E-state index contributed by atoms with van der Waals surface area (Å²) >= 11 is 0. The van der Waals surface area contributed by atoms with E-state index in [1.807, 2.05) is 30.5 Å². The third-order valence-electron chi connectivity index (χ3n) is 4.61. The maximum atomic E-state index is 13.6. The molecule has 3 rings (SSSR count). The number of hydrogen-bond donors (Lipinski definition) is 2. The lowest BCUT2D eigenvalue weighted by Crippen LogP contribution is -2.50. The highest BCUT2D eigenvalue weighted by molar-refractivity contribution is 5.84. The van der Waals surface area contributed by atoms with Crippen LogP contribution < -0.4 is 0 Å². The standard InChI is InChI=1S/C17H20F2N2O2/c18-17(19)7-8-21(10-13(17)11-22)16(23)6-5-12-9-20-15-4-2-1-3-14(12)15/h1-4,9,13,20,22H,5-8,10-11H2. The van der Waals surface area contributed by atoms with Crippen LogP contribution >= 0.6 is 0 Å². The van der Waals surface area contributed by atoms with Crippen LogP contribution in [0.5, 0.6) is 0 Å². The van der Waals surface area contributed by atoms with Crippen LogP contribution in [0, 0.1) is 5.92 Å². The van der Waals surface area contributed by atoms with E-state index < -0.39 is 18.4 Å². The zero-order valence-electron chi connectivity index (χ0n) is 12.8. The first-order valence-electron chi connectivity index (χ1n) is 7.82. The zero-order chi connectivity index (χ0) is 16.4. The molecule has 124 valence electrons. The average Bonchev–Trinajstić information content (AvgIpc) is 2.95. The lowest BCUT2D eigenvalue weighted by Gasteiger charge is -2.37. The summed E-state index contributed by atoms with van der Waals surface area (Å²) in [6.45, 7) is -0.619. The van der Waals surface area contributed by atoms with Crippen molar-refractivity contribution in [1.82, 2.24) is 9.88 Å². The highest BCUT2D eigenvalue weighted by atomic mass is 19.3. The minimum atomic E-state index is -2.89. The number of halogens is 2. The Morgan fingerprint density at radius 1 is 1.39 bits per heavy atom. The Morgan fingerprint density at radius 2 is 2.17 bits per heavy atom. The van der Waals surface area contributed by atoms with Crippen LogP contribution in [-0.2, 0) is 11.2 Å². The Hall–Kier alpha value is -1.95. The number of benzene rings is 1. The Morgan fingerprint density at radius 3 is 2.96 bits per heavy atom. The van der Waals surface area contributed by atoms with Crippen molar-refractivity contribution in [2.75, 3.05) is 19.7 Å². The number of amides is 1. The number of aromatic nitrogens is 1. The molecule has 0 saturated carbocycles. The number of para-hydroxylation sites is 1. The molecule has 1 saturated heterocycles. The zero-order valence-corrected chi connectivity index (χ0v) is 12.8. The van der Waals surface area contributed by atoms with Crippen molar-refractivity contribution in [1.29, 1.82) is 0 Å². The van der Waals surface area contributed by atoms with Gasteiger partial charge in [0, 0.05) is 43.0 Å². The number of aliphatic hydroxyl groups excluding tert-OH is 1. The number of carbonyl (C=O) groups excluding carboxylic acids is 1. The normalized spacial score (nSPS) is 20.8. The summed E-state index contributed by atoms with van der Waals surface area (Å²) in [5.74, 6) is -4.18. The van der Waals surface area contributed by atoms with Crippen molar-refractivity contribution in [3.05, 3.63) is 36.0 Å². The fourth-order valence-corrected chi connectivity index (χ4v) is 3.13. The number of aliphatic hydroxyl groups is 1. The third-order valence-corrected chi connectivity index (χ3v) is 4.61. The molecule has 1 aliphatic rings. The molecule has 1 aliphatic heterocycles. The van der Waals surface area contributed by atoms with E-state index in [0.717, 1.165) is 16.5 Å². The van der Waals surface area contributed by atoms with E-state index in [4.69, 9.17) is 5.11 Å². The third kappa shape index (κ3) is 3.22. The van der Waals surface area contributed by atoms with Crippen LogP contribution in [0.1, 0.15) is 18.4 Å². The number of alkyl halides is 2. The Kier molecular flexibility index (Phi) is 4.35. The van der Waals surface area contributed by atoms with Crippen LogP contribution in [0.2, 0.25) is 0 Å². The van der Waals surface area contributed by atoms with Gasteiger partial charge in [-0.3, -0.25) is 4.79 Å². The molecule has 1 aromatic heterocycles.